The van der Waals surface area contributed by atoms with E-state index in [0.717, 1.165) is 114 Å². The van der Waals surface area contributed by atoms with Crippen molar-refractivity contribution < 1.29 is 80.2 Å². The second-order valence-electron chi connectivity index (χ2n) is 31.2. The summed E-state index contributed by atoms with van der Waals surface area (Å²) in [6.45, 7) is 14.3. The molecule has 0 heterocycles. The van der Waals surface area contributed by atoms with Gasteiger partial charge in [-0.25, -0.2) is 9.13 Å². The molecule has 0 amide bonds. The van der Waals surface area contributed by atoms with Crippen LogP contribution in [0.1, 0.15) is 421 Å². The molecular weight excluding hydrogens is 1320 g/mol. The van der Waals surface area contributed by atoms with E-state index in [1.807, 2.05) is 0 Å². The van der Waals surface area contributed by atoms with Crippen LogP contribution >= 0.6 is 15.6 Å². The average Bonchev–Trinajstić information content (AvgIpc) is 0.919. The number of carbonyl (C=O) groups excluding carboxylic acids is 4. The number of phosphoric ester groups is 2. The lowest BCUT2D eigenvalue weighted by molar-refractivity contribution is -0.161. The standard InChI is InChI=1S/C82H160O17P2/c1-9-75(8)61-53-45-37-29-23-16-13-14-18-26-32-40-49-57-65-81(86)98-77(68-92-79(84)62-54-46-38-30-24-20-19-22-28-35-43-51-59-73(4)5)70-96-100(88,89)94-66-76(83)67-95-101(90,91)97-71-78(69-93-80(85)63-55-47-41-33-36-44-52-60-74(6)7)99-82(87)64-56-48-39-31-25-17-12-10-11-15-21-27-34-42-50-58-72(2)3/h72-78,83H,9-71H2,1-8H3,(H,88,89)(H,90,91)/t75?,76?,77-,78-/m1/s1. The third kappa shape index (κ3) is 74.7. The molecule has 0 radical (unpaired) electrons. The molecule has 0 rings (SSSR count). The molecule has 0 aromatic rings. The molecule has 0 bridgehead atoms. The number of aliphatic hydroxyl groups excluding tert-OH is 1. The molecule has 6 atom stereocenters. The van der Waals surface area contributed by atoms with Crippen molar-refractivity contribution in [1.29, 1.82) is 0 Å². The Labute approximate surface area is 619 Å². The van der Waals surface area contributed by atoms with E-state index < -0.39 is 97.5 Å². The van der Waals surface area contributed by atoms with Gasteiger partial charge in [0.2, 0.25) is 0 Å². The molecule has 3 N–H and O–H groups in total. The third-order valence-corrected chi connectivity index (χ3v) is 21.3. The highest BCUT2D eigenvalue weighted by Gasteiger charge is 2.30. The molecule has 17 nitrogen and oxygen atoms in total. The van der Waals surface area contributed by atoms with Crippen molar-refractivity contribution in [2.24, 2.45) is 23.7 Å². The number of esters is 4. The van der Waals surface area contributed by atoms with E-state index in [0.29, 0.717) is 31.6 Å². The second kappa shape index (κ2) is 71.0. The second-order valence-corrected chi connectivity index (χ2v) is 34.1. The number of ether oxygens (including phenoxy) is 4. The molecule has 0 aliphatic rings. The summed E-state index contributed by atoms with van der Waals surface area (Å²) in [5, 5.41) is 10.7. The molecule has 19 heteroatoms. The zero-order valence-corrected chi connectivity index (χ0v) is 68.3. The van der Waals surface area contributed by atoms with Gasteiger partial charge in [-0.3, -0.25) is 37.3 Å². The number of carbonyl (C=O) groups is 4. The first-order valence-corrected chi connectivity index (χ1v) is 45.2. The van der Waals surface area contributed by atoms with Gasteiger partial charge in [-0.2, -0.15) is 0 Å². The Kier molecular flexibility index (Phi) is 69.6. The van der Waals surface area contributed by atoms with E-state index in [-0.39, 0.29) is 25.7 Å². The van der Waals surface area contributed by atoms with Crippen LogP contribution in [0.3, 0.4) is 0 Å². The van der Waals surface area contributed by atoms with Gasteiger partial charge in [-0.1, -0.05) is 370 Å². The Bertz CT molecular complexity index is 1970. The molecule has 4 unspecified atom stereocenters. The van der Waals surface area contributed by atoms with E-state index >= 15 is 0 Å². The molecule has 600 valence electrons. The molecule has 0 aliphatic carbocycles. The molecule has 0 aromatic carbocycles. The fraction of sp³-hybridized carbons (Fsp3) is 0.951. The summed E-state index contributed by atoms with van der Waals surface area (Å²) < 4.78 is 68.8. The molecule has 0 spiro atoms. The number of phosphoric acid groups is 2. The highest BCUT2D eigenvalue weighted by Crippen LogP contribution is 2.45. The van der Waals surface area contributed by atoms with Crippen molar-refractivity contribution in [3.8, 4) is 0 Å². The Morgan fingerprint density at radius 1 is 0.277 bits per heavy atom. The maximum Gasteiger partial charge on any atom is 0.472 e. The maximum absolute atomic E-state index is 13.1. The highest BCUT2D eigenvalue weighted by atomic mass is 31.2. The quantitative estimate of drug-likeness (QED) is 0.0222. The summed E-state index contributed by atoms with van der Waals surface area (Å²) in [4.78, 5) is 73.1. The first-order chi connectivity index (χ1) is 48.6. The van der Waals surface area contributed by atoms with Gasteiger partial charge in [-0.15, -0.1) is 0 Å². The summed E-state index contributed by atoms with van der Waals surface area (Å²) in [6, 6.07) is 0. The summed E-state index contributed by atoms with van der Waals surface area (Å²) in [6.07, 6.45) is 58.2. The lowest BCUT2D eigenvalue weighted by Crippen LogP contribution is -2.30. The van der Waals surface area contributed by atoms with E-state index in [1.165, 1.54) is 218 Å². The monoisotopic (exact) mass is 1480 g/mol. The summed E-state index contributed by atoms with van der Waals surface area (Å²) >= 11 is 0. The van der Waals surface area contributed by atoms with Crippen molar-refractivity contribution in [2.45, 2.75) is 440 Å². The van der Waals surface area contributed by atoms with Crippen molar-refractivity contribution in [2.75, 3.05) is 39.6 Å². The fourth-order valence-corrected chi connectivity index (χ4v) is 14.2. The Morgan fingerprint density at radius 2 is 0.475 bits per heavy atom. The first-order valence-electron chi connectivity index (χ1n) is 42.2. The molecular formula is C82H160O17P2. The number of hydrogen-bond donors (Lipinski definition) is 3. The molecule has 0 fully saturated rings. The molecule has 0 aliphatic heterocycles. The number of aliphatic hydroxyl groups is 1. The van der Waals surface area contributed by atoms with Crippen LogP contribution in [0.15, 0.2) is 0 Å². The van der Waals surface area contributed by atoms with Crippen LogP contribution in [0.5, 0.6) is 0 Å². The minimum Gasteiger partial charge on any atom is -0.462 e. The minimum atomic E-state index is -4.96. The van der Waals surface area contributed by atoms with Gasteiger partial charge in [-0.05, 0) is 49.4 Å². The SMILES string of the molecule is CCC(C)CCCCCCCCCCCCCCCCC(=O)O[C@H](COC(=O)CCCCCCCCCCCCCCC(C)C)COP(=O)(O)OCC(O)COP(=O)(O)OC[C@@H](COC(=O)CCCCCCCCCC(C)C)OC(=O)CCCCCCCCCCCCCCCCCC(C)C. The van der Waals surface area contributed by atoms with Crippen molar-refractivity contribution in [3.63, 3.8) is 0 Å². The van der Waals surface area contributed by atoms with Gasteiger partial charge in [0.1, 0.15) is 19.3 Å². The average molecular weight is 1480 g/mol. The fourth-order valence-electron chi connectivity index (χ4n) is 12.6. The van der Waals surface area contributed by atoms with Gasteiger partial charge < -0.3 is 33.8 Å². The number of unbranched alkanes of at least 4 members (excludes halogenated alkanes) is 44. The van der Waals surface area contributed by atoms with Gasteiger partial charge >= 0.3 is 39.5 Å². The minimum absolute atomic E-state index is 0.107. The molecule has 0 aromatic heterocycles. The molecule has 0 saturated carbocycles. The third-order valence-electron chi connectivity index (χ3n) is 19.4. The van der Waals surface area contributed by atoms with Crippen molar-refractivity contribution >= 4 is 39.5 Å². The van der Waals surface area contributed by atoms with Crippen LogP contribution in [0.25, 0.3) is 0 Å². The van der Waals surface area contributed by atoms with Gasteiger partial charge in [0.25, 0.3) is 0 Å². The Hall–Kier alpha value is -1.94. The molecule has 101 heavy (non-hydrogen) atoms. The van der Waals surface area contributed by atoms with Gasteiger partial charge in [0.05, 0.1) is 26.4 Å². The summed E-state index contributed by atoms with van der Waals surface area (Å²) in [7, 11) is -9.92. The lowest BCUT2D eigenvalue weighted by atomic mass is 9.99. The lowest BCUT2D eigenvalue weighted by Gasteiger charge is -2.21. The summed E-state index contributed by atoms with van der Waals surface area (Å²) in [5.74, 6) is 1.02. The zero-order chi connectivity index (χ0) is 74.6. The van der Waals surface area contributed by atoms with Crippen LogP contribution in [0, 0.1) is 23.7 Å². The van der Waals surface area contributed by atoms with Gasteiger partial charge in [0, 0.05) is 25.7 Å². The topological polar surface area (TPSA) is 237 Å². The van der Waals surface area contributed by atoms with E-state index in [4.69, 9.17) is 37.0 Å². The zero-order valence-electron chi connectivity index (χ0n) is 66.5. The van der Waals surface area contributed by atoms with E-state index in [1.54, 1.807) is 0 Å². The van der Waals surface area contributed by atoms with Crippen molar-refractivity contribution in [3.05, 3.63) is 0 Å². The normalized spacial score (nSPS) is 14.3. The van der Waals surface area contributed by atoms with Gasteiger partial charge in [0.15, 0.2) is 12.2 Å². The van der Waals surface area contributed by atoms with Crippen LogP contribution < -0.4 is 0 Å². The van der Waals surface area contributed by atoms with E-state index in [2.05, 4.69) is 55.4 Å². The maximum atomic E-state index is 13.1. The predicted molar refractivity (Wildman–Crippen MR) is 414 cm³/mol. The van der Waals surface area contributed by atoms with Crippen LogP contribution in [-0.4, -0.2) is 96.7 Å². The van der Waals surface area contributed by atoms with Crippen LogP contribution in [-0.2, 0) is 65.4 Å². The first kappa shape index (κ1) is 99.1. The Morgan fingerprint density at radius 3 is 0.703 bits per heavy atom. The molecule has 0 saturated heterocycles. The number of hydrogen-bond acceptors (Lipinski definition) is 15. The van der Waals surface area contributed by atoms with Crippen LogP contribution in [0.4, 0.5) is 0 Å². The predicted octanol–water partition coefficient (Wildman–Crippen LogP) is 24.4. The summed E-state index contributed by atoms with van der Waals surface area (Å²) in [5.41, 5.74) is 0. The van der Waals surface area contributed by atoms with E-state index in [9.17, 15) is 43.2 Å². The van der Waals surface area contributed by atoms with Crippen molar-refractivity contribution in [1.82, 2.24) is 0 Å². The number of rotatable bonds is 79. The van der Waals surface area contributed by atoms with Crippen LogP contribution in [0.2, 0.25) is 0 Å². The smallest absolute Gasteiger partial charge is 0.462 e. The Balaban J connectivity index is 5.24. The largest absolute Gasteiger partial charge is 0.472 e. The highest BCUT2D eigenvalue weighted by molar-refractivity contribution is 7.47.